The second kappa shape index (κ2) is 11.1. The van der Waals surface area contributed by atoms with Gasteiger partial charge in [-0.1, -0.05) is 42.9 Å². The van der Waals surface area contributed by atoms with Gasteiger partial charge in [-0.3, -0.25) is 9.59 Å². The first-order valence-electron chi connectivity index (χ1n) is 12.2. The standard InChI is InChI=1S/C25H33ClN4O3/c1-2-15-29(25(32)19-8-4-3-5-9-19)17-22(31)30-16-7-6-10-21(30)24-27-23(28-33-24)18-11-13-20(26)14-12-18/h11-14,19,21H,2-10,15-17H2,1H3. The van der Waals surface area contributed by atoms with E-state index in [1.807, 2.05) is 24.0 Å². The number of piperidine rings is 1. The zero-order valence-corrected chi connectivity index (χ0v) is 20.1. The quantitative estimate of drug-likeness (QED) is 0.549. The van der Waals surface area contributed by atoms with Crippen LogP contribution in [0.1, 0.15) is 76.6 Å². The van der Waals surface area contributed by atoms with Gasteiger partial charge in [-0.25, -0.2) is 0 Å². The van der Waals surface area contributed by atoms with E-state index in [0.717, 1.165) is 56.9 Å². The van der Waals surface area contributed by atoms with Gasteiger partial charge in [-0.15, -0.1) is 0 Å². The molecule has 2 heterocycles. The van der Waals surface area contributed by atoms with E-state index in [-0.39, 0.29) is 30.3 Å². The molecule has 1 saturated heterocycles. The lowest BCUT2D eigenvalue weighted by molar-refractivity contribution is -0.145. The van der Waals surface area contributed by atoms with Crippen molar-refractivity contribution in [1.29, 1.82) is 0 Å². The molecular weight excluding hydrogens is 440 g/mol. The maximum Gasteiger partial charge on any atom is 0.249 e. The monoisotopic (exact) mass is 472 g/mol. The molecule has 2 aromatic rings. The average Bonchev–Trinajstić information content (AvgIpc) is 3.34. The summed E-state index contributed by atoms with van der Waals surface area (Å²) in [5.74, 6) is 1.10. The highest BCUT2D eigenvalue weighted by Crippen LogP contribution is 2.32. The lowest BCUT2D eigenvalue weighted by Crippen LogP contribution is -2.47. The summed E-state index contributed by atoms with van der Waals surface area (Å²) in [6.07, 6.45) is 8.83. The van der Waals surface area contributed by atoms with Crippen molar-refractivity contribution in [3.8, 4) is 11.4 Å². The molecule has 1 aliphatic heterocycles. The predicted octanol–water partition coefficient (Wildman–Crippen LogP) is 5.26. The third-order valence-electron chi connectivity index (χ3n) is 6.74. The number of hydrogen-bond donors (Lipinski definition) is 0. The fraction of sp³-hybridized carbons (Fsp3) is 0.600. The predicted molar refractivity (Wildman–Crippen MR) is 126 cm³/mol. The SMILES string of the molecule is CCCN(CC(=O)N1CCCCC1c1nc(-c2ccc(Cl)cc2)no1)C(=O)C1CCCCC1. The van der Waals surface area contributed by atoms with Crippen LogP contribution in [-0.2, 0) is 9.59 Å². The minimum absolute atomic E-state index is 0.0384. The van der Waals surface area contributed by atoms with Crippen molar-refractivity contribution in [1.82, 2.24) is 19.9 Å². The van der Waals surface area contributed by atoms with E-state index < -0.39 is 0 Å². The van der Waals surface area contributed by atoms with Crippen LogP contribution in [0, 0.1) is 5.92 Å². The zero-order valence-electron chi connectivity index (χ0n) is 19.3. The number of aromatic nitrogens is 2. The third-order valence-corrected chi connectivity index (χ3v) is 6.99. The molecule has 0 spiro atoms. The summed E-state index contributed by atoms with van der Waals surface area (Å²) < 4.78 is 5.60. The fourth-order valence-corrected chi connectivity index (χ4v) is 5.10. The molecule has 0 bridgehead atoms. The first-order chi connectivity index (χ1) is 16.1. The van der Waals surface area contributed by atoms with Crippen molar-refractivity contribution in [2.45, 2.75) is 70.8 Å². The summed E-state index contributed by atoms with van der Waals surface area (Å²) in [5, 5.41) is 4.78. The van der Waals surface area contributed by atoms with Crippen LogP contribution < -0.4 is 0 Å². The first kappa shape index (κ1) is 23.7. The van der Waals surface area contributed by atoms with E-state index in [1.54, 1.807) is 17.0 Å². The molecule has 0 radical (unpaired) electrons. The minimum atomic E-state index is -0.256. The number of carbonyl (C=O) groups excluding carboxylic acids is 2. The molecule has 33 heavy (non-hydrogen) atoms. The summed E-state index contributed by atoms with van der Waals surface area (Å²) in [7, 11) is 0. The van der Waals surface area contributed by atoms with Crippen LogP contribution in [0.15, 0.2) is 28.8 Å². The molecule has 2 amide bonds. The van der Waals surface area contributed by atoms with Crippen LogP contribution in [0.25, 0.3) is 11.4 Å². The molecule has 178 valence electrons. The molecule has 1 atom stereocenters. The van der Waals surface area contributed by atoms with E-state index in [2.05, 4.69) is 10.1 Å². The van der Waals surface area contributed by atoms with Gasteiger partial charge in [-0.05, 0) is 62.8 Å². The Morgan fingerprint density at radius 2 is 1.82 bits per heavy atom. The number of hydrogen-bond acceptors (Lipinski definition) is 5. The van der Waals surface area contributed by atoms with Gasteiger partial charge in [0, 0.05) is 29.6 Å². The molecule has 1 aliphatic carbocycles. The van der Waals surface area contributed by atoms with Crippen molar-refractivity contribution in [3.63, 3.8) is 0 Å². The van der Waals surface area contributed by atoms with Gasteiger partial charge in [0.1, 0.15) is 6.04 Å². The molecular formula is C25H33ClN4O3. The zero-order chi connectivity index (χ0) is 23.2. The third kappa shape index (κ3) is 5.75. The second-order valence-electron chi connectivity index (χ2n) is 9.16. The Kier molecular flexibility index (Phi) is 8.02. The van der Waals surface area contributed by atoms with Crippen LogP contribution >= 0.6 is 11.6 Å². The fourth-order valence-electron chi connectivity index (χ4n) is 4.97. The minimum Gasteiger partial charge on any atom is -0.337 e. The van der Waals surface area contributed by atoms with Crippen LogP contribution in [0.2, 0.25) is 5.02 Å². The number of rotatable bonds is 7. The highest BCUT2D eigenvalue weighted by Gasteiger charge is 2.34. The largest absolute Gasteiger partial charge is 0.337 e. The highest BCUT2D eigenvalue weighted by atomic mass is 35.5. The van der Waals surface area contributed by atoms with Gasteiger partial charge in [0.2, 0.25) is 23.5 Å². The van der Waals surface area contributed by atoms with E-state index in [9.17, 15) is 9.59 Å². The van der Waals surface area contributed by atoms with Gasteiger partial charge in [0.25, 0.3) is 0 Å². The van der Waals surface area contributed by atoms with E-state index in [0.29, 0.717) is 29.8 Å². The second-order valence-corrected chi connectivity index (χ2v) is 9.59. The highest BCUT2D eigenvalue weighted by molar-refractivity contribution is 6.30. The maximum atomic E-state index is 13.4. The molecule has 2 aliphatic rings. The molecule has 1 aromatic carbocycles. The molecule has 1 saturated carbocycles. The molecule has 1 aromatic heterocycles. The van der Waals surface area contributed by atoms with Gasteiger partial charge in [0.05, 0.1) is 6.54 Å². The smallest absolute Gasteiger partial charge is 0.249 e. The summed E-state index contributed by atoms with van der Waals surface area (Å²) >= 11 is 5.98. The van der Waals surface area contributed by atoms with Crippen molar-refractivity contribution in [2.75, 3.05) is 19.6 Å². The number of likely N-dealkylation sites (tertiary alicyclic amines) is 1. The Labute approximate surface area is 200 Å². The molecule has 0 N–H and O–H groups in total. The molecule has 1 unspecified atom stereocenters. The van der Waals surface area contributed by atoms with Crippen molar-refractivity contribution < 1.29 is 14.1 Å². The number of nitrogens with zero attached hydrogens (tertiary/aromatic N) is 4. The number of halogens is 1. The normalized spacial score (nSPS) is 19.5. The van der Waals surface area contributed by atoms with E-state index >= 15 is 0 Å². The Morgan fingerprint density at radius 3 is 2.55 bits per heavy atom. The van der Waals surface area contributed by atoms with Gasteiger partial charge in [-0.2, -0.15) is 4.98 Å². The first-order valence-corrected chi connectivity index (χ1v) is 12.6. The van der Waals surface area contributed by atoms with Crippen LogP contribution in [0.4, 0.5) is 0 Å². The summed E-state index contributed by atoms with van der Waals surface area (Å²) in [5.41, 5.74) is 0.815. The topological polar surface area (TPSA) is 79.5 Å². The Balaban J connectivity index is 1.47. The van der Waals surface area contributed by atoms with Gasteiger partial charge in [0.15, 0.2) is 0 Å². The Morgan fingerprint density at radius 1 is 1.09 bits per heavy atom. The van der Waals surface area contributed by atoms with Crippen molar-refractivity contribution in [3.05, 3.63) is 35.2 Å². The Hall–Kier alpha value is -2.41. The van der Waals surface area contributed by atoms with E-state index in [4.69, 9.17) is 16.1 Å². The lowest BCUT2D eigenvalue weighted by Gasteiger charge is -2.36. The van der Waals surface area contributed by atoms with E-state index in [1.165, 1.54) is 6.42 Å². The average molecular weight is 473 g/mol. The number of carbonyl (C=O) groups is 2. The molecule has 2 fully saturated rings. The van der Waals surface area contributed by atoms with Crippen molar-refractivity contribution in [2.24, 2.45) is 5.92 Å². The van der Waals surface area contributed by atoms with Crippen LogP contribution in [-0.4, -0.2) is 51.4 Å². The summed E-state index contributed by atoms with van der Waals surface area (Å²) in [6.45, 7) is 3.42. The van der Waals surface area contributed by atoms with Crippen LogP contribution in [0.3, 0.4) is 0 Å². The summed E-state index contributed by atoms with van der Waals surface area (Å²) in [6, 6.07) is 7.01. The maximum absolute atomic E-state index is 13.4. The van der Waals surface area contributed by atoms with Crippen molar-refractivity contribution >= 4 is 23.4 Å². The molecule has 7 nitrogen and oxygen atoms in total. The number of amides is 2. The lowest BCUT2D eigenvalue weighted by atomic mass is 9.88. The molecule has 4 rings (SSSR count). The summed E-state index contributed by atoms with van der Waals surface area (Å²) in [4.78, 5) is 34.7. The Bertz CT molecular complexity index is 939. The van der Waals surface area contributed by atoms with Gasteiger partial charge < -0.3 is 14.3 Å². The van der Waals surface area contributed by atoms with Gasteiger partial charge >= 0.3 is 0 Å². The molecule has 8 heteroatoms. The number of benzene rings is 1. The van der Waals surface area contributed by atoms with Crippen LogP contribution in [0.5, 0.6) is 0 Å².